The number of aliphatic hydroxyl groups is 1. The summed E-state index contributed by atoms with van der Waals surface area (Å²) >= 11 is 0. The molecule has 8 heteroatoms. The quantitative estimate of drug-likeness (QED) is 0.380. The molecule has 0 radical (unpaired) electrons. The van der Waals surface area contributed by atoms with E-state index in [1.807, 2.05) is 12.1 Å². The molecular weight excluding hydrogens is 452 g/mol. The van der Waals surface area contributed by atoms with Gasteiger partial charge in [0.1, 0.15) is 0 Å². The first-order valence-electron chi connectivity index (χ1n) is 10.9. The number of carboxylic acid groups (broad SMARTS) is 1. The molecule has 0 aliphatic heterocycles. The first-order chi connectivity index (χ1) is 16.9. The Balaban J connectivity index is 1.92. The van der Waals surface area contributed by atoms with Gasteiger partial charge in [-0.3, -0.25) is 0 Å². The van der Waals surface area contributed by atoms with Crippen LogP contribution in [0, 0.1) is 0 Å². The molecule has 0 saturated heterocycles. The van der Waals surface area contributed by atoms with Gasteiger partial charge in [-0.2, -0.15) is 0 Å². The number of esters is 1. The number of benzene rings is 3. The molecule has 0 amide bonds. The molecule has 1 unspecified atom stereocenters. The Morgan fingerprint density at radius 1 is 0.886 bits per heavy atom. The fraction of sp³-hybridized carbons (Fsp3) is 0.259. The SMILES string of the molecule is COC(=O)C(O)C(OCCc1ccc(OCC(=O)O)c(OC)c1)(c1ccccc1)c1ccccc1. The predicted molar refractivity (Wildman–Crippen MR) is 127 cm³/mol. The van der Waals surface area contributed by atoms with Crippen LogP contribution in [0.4, 0.5) is 0 Å². The maximum atomic E-state index is 12.5. The lowest BCUT2D eigenvalue weighted by molar-refractivity contribution is -0.170. The summed E-state index contributed by atoms with van der Waals surface area (Å²) in [4.78, 5) is 23.3. The van der Waals surface area contributed by atoms with Crippen molar-refractivity contribution in [2.24, 2.45) is 0 Å². The van der Waals surface area contributed by atoms with Crippen molar-refractivity contribution in [1.29, 1.82) is 0 Å². The number of carbonyl (C=O) groups excluding carboxylic acids is 1. The highest BCUT2D eigenvalue weighted by molar-refractivity contribution is 5.77. The Labute approximate surface area is 203 Å². The Morgan fingerprint density at radius 2 is 1.49 bits per heavy atom. The van der Waals surface area contributed by atoms with E-state index in [9.17, 15) is 14.7 Å². The van der Waals surface area contributed by atoms with E-state index < -0.39 is 30.3 Å². The van der Waals surface area contributed by atoms with Crippen LogP contribution in [-0.2, 0) is 31.1 Å². The molecule has 0 aliphatic rings. The van der Waals surface area contributed by atoms with Gasteiger partial charge in [0.25, 0.3) is 0 Å². The van der Waals surface area contributed by atoms with Crippen molar-refractivity contribution >= 4 is 11.9 Å². The highest BCUT2D eigenvalue weighted by atomic mass is 16.6. The fourth-order valence-corrected chi connectivity index (χ4v) is 3.83. The molecule has 3 aromatic carbocycles. The number of aliphatic hydroxyl groups excluding tert-OH is 1. The summed E-state index contributed by atoms with van der Waals surface area (Å²) in [5, 5.41) is 20.0. The van der Waals surface area contributed by atoms with Gasteiger partial charge in [0.05, 0.1) is 20.8 Å². The Hall–Kier alpha value is -3.88. The molecule has 0 fully saturated rings. The standard InChI is InChI=1S/C27H28O8/c1-32-23-17-19(13-14-22(23)34-18-24(28)29)15-16-35-27(25(30)26(31)33-2,20-9-5-3-6-10-20)21-11-7-4-8-12-21/h3-14,17,25,30H,15-16,18H2,1-2H3,(H,28,29). The molecule has 8 nitrogen and oxygen atoms in total. The van der Waals surface area contributed by atoms with Crippen molar-refractivity contribution in [2.45, 2.75) is 18.1 Å². The zero-order chi connectivity index (χ0) is 25.3. The Morgan fingerprint density at radius 3 is 2.00 bits per heavy atom. The summed E-state index contributed by atoms with van der Waals surface area (Å²) in [7, 11) is 2.68. The van der Waals surface area contributed by atoms with Crippen LogP contribution >= 0.6 is 0 Å². The summed E-state index contributed by atoms with van der Waals surface area (Å²) < 4.78 is 21.8. The third-order valence-electron chi connectivity index (χ3n) is 5.51. The topological polar surface area (TPSA) is 112 Å². The number of aliphatic carboxylic acids is 1. The number of hydrogen-bond acceptors (Lipinski definition) is 7. The van der Waals surface area contributed by atoms with Crippen molar-refractivity contribution in [3.8, 4) is 11.5 Å². The molecule has 3 rings (SSSR count). The molecule has 184 valence electrons. The van der Waals surface area contributed by atoms with Crippen LogP contribution < -0.4 is 9.47 Å². The van der Waals surface area contributed by atoms with E-state index in [1.165, 1.54) is 14.2 Å². The lowest BCUT2D eigenvalue weighted by Crippen LogP contribution is -2.48. The molecular formula is C27H28O8. The third-order valence-corrected chi connectivity index (χ3v) is 5.51. The van der Waals surface area contributed by atoms with Gasteiger partial charge in [0.15, 0.2) is 29.8 Å². The minimum Gasteiger partial charge on any atom is -0.493 e. The van der Waals surface area contributed by atoms with Gasteiger partial charge < -0.3 is 29.2 Å². The maximum Gasteiger partial charge on any atom is 0.341 e. The van der Waals surface area contributed by atoms with Gasteiger partial charge in [-0.1, -0.05) is 66.7 Å². The second kappa shape index (κ2) is 12.0. The Bertz CT molecular complexity index is 1080. The van der Waals surface area contributed by atoms with E-state index in [-0.39, 0.29) is 6.61 Å². The maximum absolute atomic E-state index is 12.5. The van der Waals surface area contributed by atoms with Crippen molar-refractivity contribution in [3.05, 3.63) is 95.6 Å². The van der Waals surface area contributed by atoms with E-state index in [1.54, 1.807) is 66.7 Å². The molecule has 0 aliphatic carbocycles. The summed E-state index contributed by atoms with van der Waals surface area (Å²) in [5.41, 5.74) is 0.509. The number of ether oxygens (including phenoxy) is 4. The number of carbonyl (C=O) groups is 2. The number of rotatable bonds is 12. The molecule has 0 spiro atoms. The van der Waals surface area contributed by atoms with Crippen LogP contribution in [0.2, 0.25) is 0 Å². The predicted octanol–water partition coefficient (Wildman–Crippen LogP) is 3.20. The van der Waals surface area contributed by atoms with Gasteiger partial charge in [-0.05, 0) is 35.2 Å². The van der Waals surface area contributed by atoms with Gasteiger partial charge in [-0.15, -0.1) is 0 Å². The second-order valence-corrected chi connectivity index (χ2v) is 7.66. The van der Waals surface area contributed by atoms with E-state index in [0.717, 1.165) is 5.56 Å². The molecule has 2 N–H and O–H groups in total. The first kappa shape index (κ1) is 25.7. The van der Waals surface area contributed by atoms with Crippen LogP contribution in [0.5, 0.6) is 11.5 Å². The van der Waals surface area contributed by atoms with E-state index in [2.05, 4.69) is 0 Å². The number of methoxy groups -OCH3 is 2. The van der Waals surface area contributed by atoms with Crippen LogP contribution in [-0.4, -0.2) is 55.7 Å². The highest BCUT2D eigenvalue weighted by Crippen LogP contribution is 2.38. The number of carboxylic acids is 1. The molecule has 1 atom stereocenters. The lowest BCUT2D eigenvalue weighted by atomic mass is 9.81. The molecule has 0 saturated carbocycles. The van der Waals surface area contributed by atoms with Crippen LogP contribution in [0.25, 0.3) is 0 Å². The van der Waals surface area contributed by atoms with Crippen molar-refractivity contribution in [2.75, 3.05) is 27.4 Å². The van der Waals surface area contributed by atoms with Gasteiger partial charge in [0, 0.05) is 0 Å². The van der Waals surface area contributed by atoms with Crippen molar-refractivity contribution in [1.82, 2.24) is 0 Å². The van der Waals surface area contributed by atoms with Crippen LogP contribution in [0.3, 0.4) is 0 Å². The molecule has 0 heterocycles. The largest absolute Gasteiger partial charge is 0.493 e. The zero-order valence-corrected chi connectivity index (χ0v) is 19.5. The average molecular weight is 481 g/mol. The van der Waals surface area contributed by atoms with E-state index in [4.69, 9.17) is 24.1 Å². The summed E-state index contributed by atoms with van der Waals surface area (Å²) in [6.45, 7) is -0.350. The first-order valence-corrected chi connectivity index (χ1v) is 10.9. The summed E-state index contributed by atoms with van der Waals surface area (Å²) in [6, 6.07) is 23.2. The van der Waals surface area contributed by atoms with Gasteiger partial charge in [-0.25, -0.2) is 9.59 Å². The molecule has 0 bridgehead atoms. The van der Waals surface area contributed by atoms with Gasteiger partial charge >= 0.3 is 11.9 Å². The zero-order valence-electron chi connectivity index (χ0n) is 19.5. The van der Waals surface area contributed by atoms with Crippen LogP contribution in [0.1, 0.15) is 16.7 Å². The Kier molecular flexibility index (Phi) is 8.83. The lowest BCUT2D eigenvalue weighted by Gasteiger charge is -2.37. The summed E-state index contributed by atoms with van der Waals surface area (Å²) in [5.74, 6) is -1.22. The fourth-order valence-electron chi connectivity index (χ4n) is 3.83. The minimum atomic E-state index is -1.63. The normalized spacial score (nSPS) is 12.0. The second-order valence-electron chi connectivity index (χ2n) is 7.66. The van der Waals surface area contributed by atoms with Crippen molar-refractivity contribution < 1.29 is 38.7 Å². The van der Waals surface area contributed by atoms with E-state index in [0.29, 0.717) is 29.0 Å². The summed E-state index contributed by atoms with van der Waals surface area (Å²) in [6.07, 6.45) is -1.22. The number of hydrogen-bond donors (Lipinski definition) is 2. The average Bonchev–Trinajstić information content (AvgIpc) is 2.90. The molecule has 0 aromatic heterocycles. The van der Waals surface area contributed by atoms with Crippen LogP contribution in [0.15, 0.2) is 78.9 Å². The minimum absolute atomic E-state index is 0.135. The third kappa shape index (κ3) is 5.98. The molecule has 3 aromatic rings. The highest BCUT2D eigenvalue weighted by Gasteiger charge is 2.47. The smallest absolute Gasteiger partial charge is 0.341 e. The molecule has 35 heavy (non-hydrogen) atoms. The van der Waals surface area contributed by atoms with E-state index >= 15 is 0 Å². The van der Waals surface area contributed by atoms with Crippen molar-refractivity contribution in [3.63, 3.8) is 0 Å². The van der Waals surface area contributed by atoms with Gasteiger partial charge in [0.2, 0.25) is 0 Å². The monoisotopic (exact) mass is 480 g/mol.